The zero-order valence-electron chi connectivity index (χ0n) is 14.6. The van der Waals surface area contributed by atoms with Gasteiger partial charge in [0.25, 0.3) is 5.91 Å². The normalized spacial score (nSPS) is 15.2. The Kier molecular flexibility index (Phi) is 5.60. The number of carbonyl (C=O) groups is 2. The zero-order valence-corrected chi connectivity index (χ0v) is 15.4. The summed E-state index contributed by atoms with van der Waals surface area (Å²) in [6, 6.07) is 4.68. The van der Waals surface area contributed by atoms with Gasteiger partial charge in [-0.1, -0.05) is 23.7 Å². The summed E-state index contributed by atoms with van der Waals surface area (Å²) < 4.78 is 50.8. The molecule has 0 saturated heterocycles. The average molecular weight is 432 g/mol. The molecule has 0 bridgehead atoms. The van der Waals surface area contributed by atoms with Crippen LogP contribution in [-0.2, 0) is 10.3 Å². The Labute approximate surface area is 166 Å². The molecule has 0 atom stereocenters. The highest BCUT2D eigenvalue weighted by atomic mass is 35.5. The maximum atomic E-state index is 14.4. The molecule has 2 amide bonds. The lowest BCUT2D eigenvalue weighted by Crippen LogP contribution is -2.47. The van der Waals surface area contributed by atoms with E-state index in [0.29, 0.717) is 18.4 Å². The summed E-state index contributed by atoms with van der Waals surface area (Å²) in [6.45, 7) is 0. The van der Waals surface area contributed by atoms with Gasteiger partial charge in [0.2, 0.25) is 5.95 Å². The minimum absolute atomic E-state index is 0.00980. The Morgan fingerprint density at radius 3 is 2.31 bits per heavy atom. The number of aromatic nitrogens is 2. The highest BCUT2D eigenvalue weighted by Gasteiger charge is 2.42. The molecule has 1 aliphatic rings. The van der Waals surface area contributed by atoms with Gasteiger partial charge in [-0.15, -0.1) is 0 Å². The number of hydrazine groups is 1. The summed E-state index contributed by atoms with van der Waals surface area (Å²) in [5.41, 5.74) is 2.28. The van der Waals surface area contributed by atoms with Crippen molar-refractivity contribution in [3.63, 3.8) is 0 Å². The fourth-order valence-electron chi connectivity index (χ4n) is 2.85. The van der Waals surface area contributed by atoms with E-state index in [4.69, 9.17) is 11.6 Å². The van der Waals surface area contributed by atoms with Crippen molar-refractivity contribution in [1.82, 2.24) is 20.8 Å². The van der Waals surface area contributed by atoms with Crippen LogP contribution >= 0.6 is 11.6 Å². The molecule has 0 aliphatic heterocycles. The van der Waals surface area contributed by atoms with Gasteiger partial charge in [-0.2, -0.15) is 13.2 Å². The van der Waals surface area contributed by atoms with Crippen molar-refractivity contribution in [3.8, 4) is 0 Å². The van der Waals surface area contributed by atoms with Crippen LogP contribution < -0.4 is 16.2 Å². The zero-order chi connectivity index (χ0) is 21.2. The maximum Gasteiger partial charge on any atom is 0.472 e. The molecular weight excluding hydrogens is 418 g/mol. The predicted molar refractivity (Wildman–Crippen MR) is 94.3 cm³/mol. The second-order valence-corrected chi connectivity index (χ2v) is 6.77. The molecule has 154 valence electrons. The second-order valence-electron chi connectivity index (χ2n) is 6.36. The van der Waals surface area contributed by atoms with Crippen molar-refractivity contribution in [1.29, 1.82) is 0 Å². The van der Waals surface area contributed by atoms with E-state index in [2.05, 4.69) is 15.3 Å². The quantitative estimate of drug-likeness (QED) is 0.511. The Morgan fingerprint density at radius 2 is 1.76 bits per heavy atom. The van der Waals surface area contributed by atoms with Gasteiger partial charge in [0.05, 0.1) is 16.1 Å². The Morgan fingerprint density at radius 1 is 1.10 bits per heavy atom. The van der Waals surface area contributed by atoms with Gasteiger partial charge in [-0.3, -0.25) is 20.4 Å². The Bertz CT molecular complexity index is 932. The Balaban J connectivity index is 1.69. The number of hydrogen-bond donors (Lipinski definition) is 3. The number of rotatable bonds is 4. The van der Waals surface area contributed by atoms with E-state index in [1.807, 2.05) is 0 Å². The number of nitrogens with one attached hydrogen (secondary N) is 3. The maximum absolute atomic E-state index is 14.4. The molecule has 0 unspecified atom stereocenters. The van der Waals surface area contributed by atoms with Crippen LogP contribution in [0.2, 0.25) is 5.02 Å². The number of carbonyl (C=O) groups excluding carboxylic acids is 2. The SMILES string of the molecule is O=C(NNC(=O)C(F)(F)F)c1cnc(NC2(c3cccc(Cl)c3F)CCC2)nc1. The van der Waals surface area contributed by atoms with Gasteiger partial charge in [-0.25, -0.2) is 14.4 Å². The first kappa shape index (κ1) is 20.8. The predicted octanol–water partition coefficient (Wildman–Crippen LogP) is 3.08. The summed E-state index contributed by atoms with van der Waals surface area (Å²) in [5, 5.41) is 3.03. The van der Waals surface area contributed by atoms with E-state index in [1.165, 1.54) is 11.5 Å². The Hall–Kier alpha value is -2.95. The van der Waals surface area contributed by atoms with Crippen LogP contribution in [0.4, 0.5) is 23.5 Å². The highest BCUT2D eigenvalue weighted by Crippen LogP contribution is 2.45. The van der Waals surface area contributed by atoms with Crippen molar-refractivity contribution in [2.24, 2.45) is 0 Å². The number of hydrogen-bond acceptors (Lipinski definition) is 5. The first-order valence-electron chi connectivity index (χ1n) is 8.35. The summed E-state index contributed by atoms with van der Waals surface area (Å²) in [5.74, 6) is -3.80. The van der Waals surface area contributed by atoms with Crippen molar-refractivity contribution in [3.05, 3.63) is 52.6 Å². The van der Waals surface area contributed by atoms with E-state index >= 15 is 0 Å². The largest absolute Gasteiger partial charge is 0.472 e. The van der Waals surface area contributed by atoms with Gasteiger partial charge >= 0.3 is 12.1 Å². The molecule has 1 aromatic carbocycles. The molecular formula is C17H14ClF4N5O2. The highest BCUT2D eigenvalue weighted by molar-refractivity contribution is 6.30. The molecule has 7 nitrogen and oxygen atoms in total. The number of amides is 2. The summed E-state index contributed by atoms with van der Waals surface area (Å²) in [6.07, 6.45) is -0.947. The van der Waals surface area contributed by atoms with Gasteiger partial charge in [0.15, 0.2) is 0 Å². The van der Waals surface area contributed by atoms with Crippen LogP contribution in [0.15, 0.2) is 30.6 Å². The van der Waals surface area contributed by atoms with Gasteiger partial charge < -0.3 is 5.32 Å². The number of nitrogens with zero attached hydrogens (tertiary/aromatic N) is 2. The molecule has 29 heavy (non-hydrogen) atoms. The second kappa shape index (κ2) is 7.82. The molecule has 0 spiro atoms. The monoisotopic (exact) mass is 431 g/mol. The molecule has 3 rings (SSSR count). The van der Waals surface area contributed by atoms with E-state index in [1.54, 1.807) is 17.6 Å². The summed E-state index contributed by atoms with van der Waals surface area (Å²) >= 11 is 5.86. The van der Waals surface area contributed by atoms with Gasteiger partial charge in [0, 0.05) is 18.0 Å². The fraction of sp³-hybridized carbons (Fsp3) is 0.294. The van der Waals surface area contributed by atoms with Crippen LogP contribution in [0.5, 0.6) is 0 Å². The average Bonchev–Trinajstić information content (AvgIpc) is 2.64. The van der Waals surface area contributed by atoms with Crippen LogP contribution in [-0.4, -0.2) is 28.0 Å². The standard InChI is InChI=1S/C17H14ClF4N5O2/c18-11-4-1-3-10(12(11)19)16(5-2-6-16)25-15-23-7-9(8-24-15)13(28)26-27-14(29)17(20,21)22/h1,3-4,7-8H,2,5-6H2,(H,26,28)(H,27,29)(H,23,24,25). The molecule has 1 aliphatic carbocycles. The first-order valence-corrected chi connectivity index (χ1v) is 8.72. The van der Waals surface area contributed by atoms with E-state index in [9.17, 15) is 27.2 Å². The van der Waals surface area contributed by atoms with Crippen molar-refractivity contribution in [2.45, 2.75) is 31.0 Å². The lowest BCUT2D eigenvalue weighted by molar-refractivity contribution is -0.174. The van der Waals surface area contributed by atoms with E-state index in [0.717, 1.165) is 18.8 Å². The molecule has 12 heteroatoms. The number of anilines is 1. The van der Waals surface area contributed by atoms with Gasteiger partial charge in [0.1, 0.15) is 5.82 Å². The third-order valence-corrected chi connectivity index (χ3v) is 4.78. The smallest absolute Gasteiger partial charge is 0.345 e. The third kappa shape index (κ3) is 4.39. The fourth-order valence-corrected chi connectivity index (χ4v) is 3.02. The van der Waals surface area contributed by atoms with E-state index < -0.39 is 29.3 Å². The minimum atomic E-state index is -5.13. The molecule has 1 saturated carbocycles. The molecule has 1 heterocycles. The molecule has 1 aromatic heterocycles. The number of benzene rings is 1. The van der Waals surface area contributed by atoms with Crippen LogP contribution in [0.1, 0.15) is 35.2 Å². The van der Waals surface area contributed by atoms with Crippen LogP contribution in [0.3, 0.4) is 0 Å². The van der Waals surface area contributed by atoms with Crippen molar-refractivity contribution < 1.29 is 27.2 Å². The summed E-state index contributed by atoms with van der Waals surface area (Å²) in [7, 11) is 0. The van der Waals surface area contributed by atoms with E-state index in [-0.39, 0.29) is 16.5 Å². The molecule has 1 fully saturated rings. The summed E-state index contributed by atoms with van der Waals surface area (Å²) in [4.78, 5) is 30.4. The lowest BCUT2D eigenvalue weighted by atomic mass is 9.71. The topological polar surface area (TPSA) is 96.0 Å². The van der Waals surface area contributed by atoms with Gasteiger partial charge in [-0.05, 0) is 25.3 Å². The van der Waals surface area contributed by atoms with Crippen LogP contribution in [0, 0.1) is 5.82 Å². The number of alkyl halides is 3. The minimum Gasteiger partial charge on any atom is -0.345 e. The number of halogens is 5. The lowest BCUT2D eigenvalue weighted by Gasteiger charge is -2.43. The molecule has 0 radical (unpaired) electrons. The molecule has 2 aromatic rings. The van der Waals surface area contributed by atoms with Crippen molar-refractivity contribution in [2.75, 3.05) is 5.32 Å². The first-order chi connectivity index (χ1) is 13.6. The van der Waals surface area contributed by atoms with Crippen LogP contribution in [0.25, 0.3) is 0 Å². The molecule has 3 N–H and O–H groups in total. The third-order valence-electron chi connectivity index (χ3n) is 4.49. The van der Waals surface area contributed by atoms with Crippen molar-refractivity contribution >= 4 is 29.4 Å².